The van der Waals surface area contributed by atoms with Crippen molar-refractivity contribution in [1.29, 1.82) is 0 Å². The van der Waals surface area contributed by atoms with Crippen molar-refractivity contribution in [2.24, 2.45) is 0 Å². The van der Waals surface area contributed by atoms with Gasteiger partial charge in [0.15, 0.2) is 0 Å². The fourth-order valence-electron chi connectivity index (χ4n) is 5.73. The highest BCUT2D eigenvalue weighted by Gasteiger charge is 2.32. The van der Waals surface area contributed by atoms with Gasteiger partial charge in [0.25, 0.3) is 0 Å². The van der Waals surface area contributed by atoms with Crippen LogP contribution in [0.3, 0.4) is 0 Å². The zero-order valence-corrected chi connectivity index (χ0v) is 29.4. The highest BCUT2D eigenvalue weighted by atomic mass is 16.6. The lowest BCUT2D eigenvalue weighted by Gasteiger charge is -2.35. The van der Waals surface area contributed by atoms with Crippen LogP contribution in [0.2, 0.25) is 0 Å². The summed E-state index contributed by atoms with van der Waals surface area (Å²) in [6.45, 7) is 17.1. The predicted octanol–water partition coefficient (Wildman–Crippen LogP) is 7.11. The minimum absolute atomic E-state index is 0.0364. The number of benzene rings is 1. The monoisotopic (exact) mass is 649 g/mol. The average molecular weight is 650 g/mol. The van der Waals surface area contributed by atoms with Crippen LogP contribution in [-0.2, 0) is 32.0 Å². The molecule has 2 atom stereocenters. The van der Waals surface area contributed by atoms with Gasteiger partial charge in [0, 0.05) is 6.20 Å². The molecule has 0 radical (unpaired) electrons. The molecule has 0 fully saturated rings. The highest BCUT2D eigenvalue weighted by Crippen LogP contribution is 2.34. The summed E-state index contributed by atoms with van der Waals surface area (Å²) in [6, 6.07) is 10.7. The molecule has 47 heavy (non-hydrogen) atoms. The number of hydrogen-bond acceptors (Lipinski definition) is 9. The molecule has 2 aromatic heterocycles. The Bertz CT molecular complexity index is 1560. The van der Waals surface area contributed by atoms with E-state index in [0.29, 0.717) is 42.8 Å². The summed E-state index contributed by atoms with van der Waals surface area (Å²) in [5.41, 5.74) is 1.44. The topological polar surface area (TPSA) is 125 Å². The van der Waals surface area contributed by atoms with Crippen LogP contribution in [-0.4, -0.2) is 67.0 Å². The number of fused-ring (bicyclic) bond motifs is 2. The Morgan fingerprint density at radius 3 is 2.30 bits per heavy atom. The van der Waals surface area contributed by atoms with Crippen molar-refractivity contribution in [1.82, 2.24) is 24.8 Å². The van der Waals surface area contributed by atoms with Crippen molar-refractivity contribution in [2.45, 2.75) is 130 Å². The number of alkyl carbamates (subject to hydrolysis) is 1. The first-order chi connectivity index (χ1) is 21.9. The first kappa shape index (κ1) is 35.9. The Balaban J connectivity index is 1.65. The smallest absolute Gasteiger partial charge is 0.420 e. The first-order valence-electron chi connectivity index (χ1n) is 16.5. The fraction of sp³-hybridized carbons (Fsp3) is 0.583. The number of aromatic nitrogens is 3. The summed E-state index contributed by atoms with van der Waals surface area (Å²) in [4.78, 5) is 51.5. The second-order valence-electron chi connectivity index (χ2n) is 15.1. The van der Waals surface area contributed by atoms with Gasteiger partial charge in [0.1, 0.15) is 28.7 Å². The molecule has 11 nitrogen and oxygen atoms in total. The van der Waals surface area contributed by atoms with Gasteiger partial charge in [-0.15, -0.1) is 0 Å². The summed E-state index contributed by atoms with van der Waals surface area (Å²) in [7, 11) is 0. The van der Waals surface area contributed by atoms with Crippen molar-refractivity contribution in [3.05, 3.63) is 59.7 Å². The minimum Gasteiger partial charge on any atom is -0.458 e. The van der Waals surface area contributed by atoms with E-state index in [0.717, 1.165) is 25.0 Å². The van der Waals surface area contributed by atoms with Crippen LogP contribution in [0, 0.1) is 0 Å². The van der Waals surface area contributed by atoms with Gasteiger partial charge in [-0.2, -0.15) is 0 Å². The van der Waals surface area contributed by atoms with Gasteiger partial charge in [0.2, 0.25) is 0 Å². The molecule has 0 saturated heterocycles. The minimum atomic E-state index is -0.908. The van der Waals surface area contributed by atoms with E-state index in [9.17, 15) is 14.4 Å². The molecule has 11 heteroatoms. The molecule has 1 aliphatic rings. The molecule has 0 bridgehead atoms. The molecule has 4 rings (SSSR count). The SMILES string of the molecule is CC(C)(C)OC(=O)NC(CCCN(Cc1nc2ccccc2n1C(=O)OC(C)(C)C)C1CCCc2cccnc21)C(=O)OC(C)(C)C. The number of carbonyl (C=O) groups excluding carboxylic acids is 3. The summed E-state index contributed by atoms with van der Waals surface area (Å²) in [5.74, 6) is 0.0328. The second-order valence-corrected chi connectivity index (χ2v) is 15.1. The molecule has 3 aromatic rings. The predicted molar refractivity (Wildman–Crippen MR) is 180 cm³/mol. The molecule has 0 spiro atoms. The van der Waals surface area contributed by atoms with E-state index < -0.39 is 41.0 Å². The van der Waals surface area contributed by atoms with E-state index in [1.807, 2.05) is 57.3 Å². The van der Waals surface area contributed by atoms with Crippen LogP contribution in [0.5, 0.6) is 0 Å². The van der Waals surface area contributed by atoms with Crippen molar-refractivity contribution >= 4 is 29.2 Å². The average Bonchev–Trinajstić information content (AvgIpc) is 3.31. The number of pyridine rings is 1. The third kappa shape index (κ3) is 10.2. The van der Waals surface area contributed by atoms with Crippen molar-refractivity contribution < 1.29 is 28.6 Å². The third-order valence-electron chi connectivity index (χ3n) is 7.48. The molecule has 2 unspecified atom stereocenters. The van der Waals surface area contributed by atoms with E-state index >= 15 is 0 Å². The van der Waals surface area contributed by atoms with Gasteiger partial charge >= 0.3 is 18.2 Å². The number of nitrogens with zero attached hydrogens (tertiary/aromatic N) is 4. The normalized spacial score (nSPS) is 16.0. The van der Waals surface area contributed by atoms with Gasteiger partial charge < -0.3 is 19.5 Å². The number of esters is 1. The Labute approximate surface area is 278 Å². The summed E-state index contributed by atoms with van der Waals surface area (Å²) < 4.78 is 18.5. The van der Waals surface area contributed by atoms with Gasteiger partial charge in [-0.05, 0) is 125 Å². The van der Waals surface area contributed by atoms with Crippen LogP contribution >= 0.6 is 0 Å². The van der Waals surface area contributed by atoms with Crippen molar-refractivity contribution in [3.63, 3.8) is 0 Å². The Morgan fingerprint density at radius 1 is 0.936 bits per heavy atom. The standard InChI is InChI=1S/C36H51N5O6/c1-34(2,3)45-31(42)26(39-32(43)46-35(4,5)6)18-14-22-40(28-20-12-15-24-16-13-21-37-30(24)28)23-29-38-25-17-10-11-19-27(25)41(29)33(44)47-36(7,8)9/h10-11,13,16-17,19,21,26,28H,12,14-15,18,20,22-23H2,1-9H3,(H,39,43). The lowest BCUT2D eigenvalue weighted by atomic mass is 9.90. The largest absolute Gasteiger partial charge is 0.458 e. The van der Waals surface area contributed by atoms with Crippen molar-refractivity contribution in [3.8, 4) is 0 Å². The number of para-hydroxylation sites is 2. The van der Waals surface area contributed by atoms with E-state index in [2.05, 4.69) is 16.3 Å². The number of imidazole rings is 1. The summed E-state index contributed by atoms with van der Waals surface area (Å²) >= 11 is 0. The molecule has 1 aromatic carbocycles. The Hall–Kier alpha value is -3.99. The lowest BCUT2D eigenvalue weighted by Crippen LogP contribution is -2.46. The van der Waals surface area contributed by atoms with Crippen LogP contribution < -0.4 is 5.32 Å². The number of carbonyl (C=O) groups is 3. The summed E-state index contributed by atoms with van der Waals surface area (Å²) in [6.07, 6.45) is 4.31. The maximum absolute atomic E-state index is 13.6. The van der Waals surface area contributed by atoms with E-state index in [-0.39, 0.29) is 6.04 Å². The van der Waals surface area contributed by atoms with Crippen LogP contribution in [0.1, 0.15) is 111 Å². The second kappa shape index (κ2) is 14.4. The molecule has 1 amide bonds. The maximum atomic E-state index is 13.6. The molecule has 256 valence electrons. The van der Waals surface area contributed by atoms with E-state index in [4.69, 9.17) is 24.2 Å². The fourth-order valence-corrected chi connectivity index (χ4v) is 5.73. The quantitative estimate of drug-likeness (QED) is 0.191. The van der Waals surface area contributed by atoms with Crippen LogP contribution in [0.15, 0.2) is 42.6 Å². The lowest BCUT2D eigenvalue weighted by molar-refractivity contribution is -0.157. The number of aryl methyl sites for hydroxylation is 1. The Morgan fingerprint density at radius 2 is 1.62 bits per heavy atom. The zero-order valence-electron chi connectivity index (χ0n) is 29.4. The molecule has 1 aliphatic carbocycles. The van der Waals surface area contributed by atoms with Gasteiger partial charge in [-0.1, -0.05) is 18.2 Å². The Kier molecular flexibility index (Phi) is 11.0. The molecular weight excluding hydrogens is 598 g/mol. The molecule has 2 heterocycles. The molecule has 1 N–H and O–H groups in total. The third-order valence-corrected chi connectivity index (χ3v) is 7.48. The van der Waals surface area contributed by atoms with E-state index in [1.165, 1.54) is 5.56 Å². The van der Waals surface area contributed by atoms with E-state index in [1.54, 1.807) is 46.1 Å². The number of nitrogens with one attached hydrogen (secondary N) is 1. The highest BCUT2D eigenvalue weighted by molar-refractivity contribution is 5.87. The molecule has 0 aliphatic heterocycles. The summed E-state index contributed by atoms with van der Waals surface area (Å²) in [5, 5.41) is 2.73. The van der Waals surface area contributed by atoms with Crippen molar-refractivity contribution in [2.75, 3.05) is 6.54 Å². The van der Waals surface area contributed by atoms with Gasteiger partial charge in [-0.3, -0.25) is 9.88 Å². The molecular formula is C36H51N5O6. The van der Waals surface area contributed by atoms with Gasteiger partial charge in [-0.25, -0.2) is 23.9 Å². The van der Waals surface area contributed by atoms with Crippen LogP contribution in [0.25, 0.3) is 11.0 Å². The number of hydrogen-bond donors (Lipinski definition) is 1. The molecule has 0 saturated carbocycles. The first-order valence-corrected chi connectivity index (χ1v) is 16.5. The number of amides is 1. The maximum Gasteiger partial charge on any atom is 0.420 e. The number of rotatable bonds is 9. The number of ether oxygens (including phenoxy) is 3. The van der Waals surface area contributed by atoms with Gasteiger partial charge in [0.05, 0.1) is 29.3 Å². The zero-order chi connectivity index (χ0) is 34.6. The van der Waals surface area contributed by atoms with Crippen LogP contribution in [0.4, 0.5) is 9.59 Å².